The van der Waals surface area contributed by atoms with Crippen LogP contribution in [0.15, 0.2) is 36.5 Å². The Morgan fingerprint density at radius 2 is 2.11 bits per heavy atom. The Kier molecular flexibility index (Phi) is 3.48. The van der Waals surface area contributed by atoms with Gasteiger partial charge in [0.1, 0.15) is 5.69 Å². The molecule has 0 bridgehead atoms. The summed E-state index contributed by atoms with van der Waals surface area (Å²) >= 11 is 5.98. The van der Waals surface area contributed by atoms with Gasteiger partial charge in [0, 0.05) is 10.7 Å². The van der Waals surface area contributed by atoms with Crippen molar-refractivity contribution in [3.63, 3.8) is 0 Å². The molecular weight excluding hydrogens is 250 g/mol. The molecule has 0 unspecified atom stereocenters. The fourth-order valence-corrected chi connectivity index (χ4v) is 1.64. The third kappa shape index (κ3) is 2.60. The minimum atomic E-state index is -0.291. The van der Waals surface area contributed by atoms with Crippen molar-refractivity contribution in [2.75, 3.05) is 11.1 Å². The highest BCUT2D eigenvalue weighted by Crippen LogP contribution is 2.23. The maximum atomic E-state index is 11.9. The zero-order valence-electron chi connectivity index (χ0n) is 9.77. The molecule has 4 nitrogen and oxygen atoms in total. The SMILES string of the molecule is Cc1c(Cl)cccc1NC(=O)c1ccc(N)cn1. The number of halogens is 1. The highest BCUT2D eigenvalue weighted by molar-refractivity contribution is 6.31. The molecule has 0 aliphatic carbocycles. The smallest absolute Gasteiger partial charge is 0.274 e. The third-order valence-corrected chi connectivity index (χ3v) is 2.94. The Bertz CT molecular complexity index is 581. The van der Waals surface area contributed by atoms with Crippen LogP contribution in [0.2, 0.25) is 5.02 Å². The molecular formula is C13H12ClN3O. The molecule has 18 heavy (non-hydrogen) atoms. The first kappa shape index (κ1) is 12.4. The Balaban J connectivity index is 2.21. The van der Waals surface area contributed by atoms with Gasteiger partial charge in [-0.15, -0.1) is 0 Å². The lowest BCUT2D eigenvalue weighted by Crippen LogP contribution is -2.14. The van der Waals surface area contributed by atoms with Crippen LogP contribution in [0.4, 0.5) is 11.4 Å². The van der Waals surface area contributed by atoms with Crippen LogP contribution in [0.3, 0.4) is 0 Å². The van der Waals surface area contributed by atoms with E-state index in [-0.39, 0.29) is 5.91 Å². The van der Waals surface area contributed by atoms with E-state index in [9.17, 15) is 4.79 Å². The fraction of sp³-hybridized carbons (Fsp3) is 0.0769. The number of aromatic nitrogens is 1. The van der Waals surface area contributed by atoms with E-state index in [0.29, 0.717) is 22.1 Å². The Morgan fingerprint density at radius 1 is 1.33 bits per heavy atom. The van der Waals surface area contributed by atoms with Crippen LogP contribution in [-0.2, 0) is 0 Å². The summed E-state index contributed by atoms with van der Waals surface area (Å²) < 4.78 is 0. The number of hydrogen-bond acceptors (Lipinski definition) is 3. The molecule has 2 rings (SSSR count). The number of carbonyl (C=O) groups is 1. The molecule has 1 amide bonds. The van der Waals surface area contributed by atoms with E-state index in [1.54, 1.807) is 30.3 Å². The predicted octanol–water partition coefficient (Wildman–Crippen LogP) is 2.88. The number of carbonyl (C=O) groups excluding carboxylic acids is 1. The average Bonchev–Trinajstić information content (AvgIpc) is 2.36. The summed E-state index contributed by atoms with van der Waals surface area (Å²) in [6.45, 7) is 1.84. The minimum absolute atomic E-state index is 0.291. The van der Waals surface area contributed by atoms with Gasteiger partial charge in [0.15, 0.2) is 0 Å². The van der Waals surface area contributed by atoms with Crippen molar-refractivity contribution in [1.29, 1.82) is 0 Å². The van der Waals surface area contributed by atoms with Crippen LogP contribution in [0.5, 0.6) is 0 Å². The Labute approximate surface area is 110 Å². The van der Waals surface area contributed by atoms with Crippen molar-refractivity contribution in [3.05, 3.63) is 52.8 Å². The Morgan fingerprint density at radius 3 is 2.78 bits per heavy atom. The topological polar surface area (TPSA) is 68.0 Å². The van der Waals surface area contributed by atoms with Crippen molar-refractivity contribution in [2.24, 2.45) is 0 Å². The van der Waals surface area contributed by atoms with Gasteiger partial charge in [0.25, 0.3) is 5.91 Å². The minimum Gasteiger partial charge on any atom is -0.397 e. The number of amides is 1. The second-order valence-electron chi connectivity index (χ2n) is 3.84. The van der Waals surface area contributed by atoms with Gasteiger partial charge < -0.3 is 11.1 Å². The largest absolute Gasteiger partial charge is 0.397 e. The van der Waals surface area contributed by atoms with Gasteiger partial charge in [-0.2, -0.15) is 0 Å². The lowest BCUT2D eigenvalue weighted by molar-refractivity contribution is 0.102. The van der Waals surface area contributed by atoms with Crippen LogP contribution in [0, 0.1) is 6.92 Å². The molecule has 0 spiro atoms. The number of nitrogens with one attached hydrogen (secondary N) is 1. The molecule has 1 aromatic heterocycles. The molecule has 0 atom stereocenters. The van der Waals surface area contributed by atoms with Crippen molar-refractivity contribution < 1.29 is 4.79 Å². The summed E-state index contributed by atoms with van der Waals surface area (Å²) in [7, 11) is 0. The molecule has 3 N–H and O–H groups in total. The van der Waals surface area contributed by atoms with E-state index in [0.717, 1.165) is 5.56 Å². The maximum absolute atomic E-state index is 11.9. The van der Waals surface area contributed by atoms with Gasteiger partial charge in [-0.3, -0.25) is 4.79 Å². The van der Waals surface area contributed by atoms with Gasteiger partial charge in [-0.25, -0.2) is 4.98 Å². The molecule has 1 heterocycles. The average molecular weight is 262 g/mol. The summed E-state index contributed by atoms with van der Waals surface area (Å²) in [4.78, 5) is 15.9. The molecule has 92 valence electrons. The monoisotopic (exact) mass is 261 g/mol. The summed E-state index contributed by atoms with van der Waals surface area (Å²) in [5.41, 5.74) is 7.83. The number of rotatable bonds is 2. The normalized spacial score (nSPS) is 10.1. The second kappa shape index (κ2) is 5.06. The van der Waals surface area contributed by atoms with Gasteiger partial charge >= 0.3 is 0 Å². The highest BCUT2D eigenvalue weighted by atomic mass is 35.5. The van der Waals surface area contributed by atoms with Crippen LogP contribution in [-0.4, -0.2) is 10.9 Å². The summed E-state index contributed by atoms with van der Waals surface area (Å²) in [5.74, 6) is -0.291. The van der Waals surface area contributed by atoms with E-state index in [1.165, 1.54) is 6.20 Å². The molecule has 0 radical (unpaired) electrons. The van der Waals surface area contributed by atoms with Gasteiger partial charge in [0.2, 0.25) is 0 Å². The van der Waals surface area contributed by atoms with E-state index in [1.807, 2.05) is 6.92 Å². The number of nitrogens with zero attached hydrogens (tertiary/aromatic N) is 1. The third-order valence-electron chi connectivity index (χ3n) is 2.53. The highest BCUT2D eigenvalue weighted by Gasteiger charge is 2.09. The Hall–Kier alpha value is -2.07. The first-order valence-corrected chi connectivity index (χ1v) is 5.73. The standard InChI is InChI=1S/C13H12ClN3O/c1-8-10(14)3-2-4-11(8)17-13(18)12-6-5-9(15)7-16-12/h2-7H,15H2,1H3,(H,17,18). The van der Waals surface area contributed by atoms with E-state index < -0.39 is 0 Å². The van der Waals surface area contributed by atoms with Gasteiger partial charge in [0.05, 0.1) is 11.9 Å². The summed E-state index contributed by atoms with van der Waals surface area (Å²) in [5, 5.41) is 3.37. The number of pyridine rings is 1. The van der Waals surface area contributed by atoms with E-state index in [4.69, 9.17) is 17.3 Å². The number of nitrogens with two attached hydrogens (primary N) is 1. The molecule has 0 aliphatic rings. The van der Waals surface area contributed by atoms with Crippen molar-refractivity contribution in [1.82, 2.24) is 4.98 Å². The van der Waals surface area contributed by atoms with Gasteiger partial charge in [-0.1, -0.05) is 17.7 Å². The number of hydrogen-bond donors (Lipinski definition) is 2. The first-order valence-electron chi connectivity index (χ1n) is 5.36. The van der Waals surface area contributed by atoms with Gasteiger partial charge in [-0.05, 0) is 36.8 Å². The second-order valence-corrected chi connectivity index (χ2v) is 4.25. The summed E-state index contributed by atoms with van der Waals surface area (Å²) in [6, 6.07) is 8.54. The number of anilines is 2. The zero-order valence-corrected chi connectivity index (χ0v) is 10.5. The fourth-order valence-electron chi connectivity index (χ4n) is 1.47. The molecule has 0 saturated heterocycles. The molecule has 0 fully saturated rings. The van der Waals surface area contributed by atoms with Crippen molar-refractivity contribution >= 4 is 28.9 Å². The van der Waals surface area contributed by atoms with Crippen LogP contribution >= 0.6 is 11.6 Å². The molecule has 2 aromatic rings. The van der Waals surface area contributed by atoms with Crippen LogP contribution in [0.1, 0.15) is 16.1 Å². The quantitative estimate of drug-likeness (QED) is 0.873. The molecule has 0 aliphatic heterocycles. The summed E-state index contributed by atoms with van der Waals surface area (Å²) in [6.07, 6.45) is 1.44. The number of benzene rings is 1. The van der Waals surface area contributed by atoms with E-state index in [2.05, 4.69) is 10.3 Å². The van der Waals surface area contributed by atoms with Crippen molar-refractivity contribution in [3.8, 4) is 0 Å². The molecule has 1 aromatic carbocycles. The predicted molar refractivity (Wildman–Crippen MR) is 72.8 cm³/mol. The lowest BCUT2D eigenvalue weighted by Gasteiger charge is -2.09. The zero-order chi connectivity index (χ0) is 13.1. The lowest BCUT2D eigenvalue weighted by atomic mass is 10.2. The maximum Gasteiger partial charge on any atom is 0.274 e. The number of nitrogen functional groups attached to an aromatic ring is 1. The first-order chi connectivity index (χ1) is 8.58. The van der Waals surface area contributed by atoms with Crippen molar-refractivity contribution in [2.45, 2.75) is 6.92 Å². The van der Waals surface area contributed by atoms with E-state index >= 15 is 0 Å². The molecule has 0 saturated carbocycles. The van der Waals surface area contributed by atoms with Crippen LogP contribution < -0.4 is 11.1 Å². The van der Waals surface area contributed by atoms with Crippen LogP contribution in [0.25, 0.3) is 0 Å². The molecule has 5 heteroatoms.